The number of nitrogens with one attached hydrogen (secondary N) is 1. The number of H-pyrrole nitrogens is 1. The van der Waals surface area contributed by atoms with E-state index in [1.807, 2.05) is 5.10 Å². The lowest BCUT2D eigenvalue weighted by molar-refractivity contribution is -0.140. The zero-order valence-corrected chi connectivity index (χ0v) is 8.35. The largest absolute Gasteiger partial charge is 0.433 e. The fourth-order valence-corrected chi connectivity index (χ4v) is 1.47. The highest BCUT2D eigenvalue weighted by molar-refractivity contribution is 5.76. The molecule has 3 nitrogen and oxygen atoms in total. The zero-order valence-electron chi connectivity index (χ0n) is 8.35. The molecule has 3 N–H and O–H groups in total. The smallest absolute Gasteiger partial charge is 0.382 e. The lowest BCUT2D eigenvalue weighted by Gasteiger charge is -2.07. The monoisotopic (exact) mass is 245 g/mol. The van der Waals surface area contributed by atoms with E-state index >= 15 is 0 Å². The van der Waals surface area contributed by atoms with Crippen LogP contribution in [0, 0.1) is 5.82 Å². The Balaban J connectivity index is 2.59. The molecule has 0 radical (unpaired) electrons. The van der Waals surface area contributed by atoms with Crippen LogP contribution >= 0.6 is 0 Å². The highest BCUT2D eigenvalue weighted by atomic mass is 19.4. The minimum Gasteiger partial charge on any atom is -0.382 e. The summed E-state index contributed by atoms with van der Waals surface area (Å²) in [6, 6.07) is 4.54. The van der Waals surface area contributed by atoms with Crippen molar-refractivity contribution in [2.45, 2.75) is 6.18 Å². The Labute approximate surface area is 93.3 Å². The van der Waals surface area contributed by atoms with Gasteiger partial charge in [0.2, 0.25) is 0 Å². The van der Waals surface area contributed by atoms with Crippen LogP contribution in [-0.2, 0) is 6.18 Å². The predicted octanol–water partition coefficient (Wildman–Crippen LogP) is 2.82. The van der Waals surface area contributed by atoms with Crippen molar-refractivity contribution in [1.29, 1.82) is 0 Å². The third-order valence-electron chi connectivity index (χ3n) is 2.21. The van der Waals surface area contributed by atoms with E-state index in [0.717, 1.165) is 12.1 Å². The van der Waals surface area contributed by atoms with Gasteiger partial charge in [0, 0.05) is 0 Å². The van der Waals surface area contributed by atoms with E-state index in [4.69, 9.17) is 5.73 Å². The van der Waals surface area contributed by atoms with Gasteiger partial charge in [-0.2, -0.15) is 18.3 Å². The number of aromatic nitrogens is 2. The van der Waals surface area contributed by atoms with Crippen LogP contribution < -0.4 is 5.73 Å². The number of rotatable bonds is 1. The second-order valence-corrected chi connectivity index (χ2v) is 3.36. The van der Waals surface area contributed by atoms with Gasteiger partial charge in [-0.25, -0.2) is 4.39 Å². The van der Waals surface area contributed by atoms with E-state index in [2.05, 4.69) is 5.10 Å². The number of benzene rings is 1. The first-order valence-electron chi connectivity index (χ1n) is 4.56. The first kappa shape index (κ1) is 11.4. The molecule has 0 unspecified atom stereocenters. The van der Waals surface area contributed by atoms with Crippen LogP contribution in [0.4, 0.5) is 23.4 Å². The summed E-state index contributed by atoms with van der Waals surface area (Å²) in [4.78, 5) is 0. The van der Waals surface area contributed by atoms with Gasteiger partial charge in [-0.3, -0.25) is 5.10 Å². The summed E-state index contributed by atoms with van der Waals surface area (Å²) in [5.74, 6) is -0.812. The van der Waals surface area contributed by atoms with E-state index in [1.54, 1.807) is 0 Å². The first-order chi connectivity index (χ1) is 7.89. The maximum atomic E-state index is 12.7. The van der Waals surface area contributed by atoms with Gasteiger partial charge >= 0.3 is 6.18 Å². The summed E-state index contributed by atoms with van der Waals surface area (Å²) < 4.78 is 50.6. The van der Waals surface area contributed by atoms with Gasteiger partial charge < -0.3 is 5.73 Å². The molecule has 0 fully saturated rings. The van der Waals surface area contributed by atoms with Gasteiger partial charge in [0.1, 0.15) is 11.5 Å². The van der Waals surface area contributed by atoms with E-state index < -0.39 is 17.7 Å². The number of nitrogen functional groups attached to an aromatic ring is 1. The third kappa shape index (κ3) is 2.08. The lowest BCUT2D eigenvalue weighted by Crippen LogP contribution is -2.07. The lowest BCUT2D eigenvalue weighted by atomic mass is 10.1. The average molecular weight is 245 g/mol. The molecule has 0 spiro atoms. The van der Waals surface area contributed by atoms with E-state index in [0.29, 0.717) is 0 Å². The van der Waals surface area contributed by atoms with Crippen LogP contribution in [0.5, 0.6) is 0 Å². The number of halogens is 4. The van der Waals surface area contributed by atoms with Gasteiger partial charge in [0.05, 0.1) is 5.56 Å². The number of hydrogen-bond acceptors (Lipinski definition) is 2. The number of hydrogen-bond donors (Lipinski definition) is 2. The molecule has 0 aliphatic heterocycles. The Morgan fingerprint density at radius 3 is 2.24 bits per heavy atom. The van der Waals surface area contributed by atoms with Crippen molar-refractivity contribution in [1.82, 2.24) is 10.2 Å². The minimum atomic E-state index is -4.59. The molecule has 2 aromatic rings. The Kier molecular flexibility index (Phi) is 2.53. The summed E-state index contributed by atoms with van der Waals surface area (Å²) in [5.41, 5.74) is 4.22. The first-order valence-corrected chi connectivity index (χ1v) is 4.56. The number of nitrogens with zero attached hydrogens (tertiary/aromatic N) is 1. The summed E-state index contributed by atoms with van der Waals surface area (Å²) in [6.07, 6.45) is -4.59. The average Bonchev–Trinajstić information content (AvgIpc) is 2.61. The van der Waals surface area contributed by atoms with Crippen LogP contribution in [0.3, 0.4) is 0 Å². The quantitative estimate of drug-likeness (QED) is 0.759. The third-order valence-corrected chi connectivity index (χ3v) is 2.21. The zero-order chi connectivity index (χ0) is 12.6. The summed E-state index contributed by atoms with van der Waals surface area (Å²) >= 11 is 0. The molecule has 1 aromatic carbocycles. The SMILES string of the molecule is Nc1n[nH]c(C(F)(F)F)c1-c1ccc(F)cc1. The minimum absolute atomic E-state index is 0.157. The molecule has 0 saturated heterocycles. The van der Waals surface area contributed by atoms with E-state index in [1.165, 1.54) is 12.1 Å². The van der Waals surface area contributed by atoms with Crippen LogP contribution in [-0.4, -0.2) is 10.2 Å². The molecule has 1 aromatic heterocycles. The molecule has 0 saturated carbocycles. The van der Waals surface area contributed by atoms with E-state index in [9.17, 15) is 17.6 Å². The standard InChI is InChI=1S/C10H7F4N3/c11-6-3-1-5(2-4-6)7-8(10(12,13)14)16-17-9(7)15/h1-4H,(H3,15,16,17). The van der Waals surface area contributed by atoms with Gasteiger partial charge in [-0.15, -0.1) is 0 Å². The summed E-state index contributed by atoms with van der Waals surface area (Å²) in [7, 11) is 0. The van der Waals surface area contributed by atoms with Crippen LogP contribution in [0.1, 0.15) is 5.69 Å². The maximum Gasteiger partial charge on any atom is 0.433 e. The number of anilines is 1. The predicted molar refractivity (Wildman–Crippen MR) is 53.4 cm³/mol. The topological polar surface area (TPSA) is 54.7 Å². The molecular weight excluding hydrogens is 238 g/mol. The van der Waals surface area contributed by atoms with Crippen LogP contribution in [0.15, 0.2) is 24.3 Å². The molecule has 7 heteroatoms. The Hall–Kier alpha value is -2.05. The van der Waals surface area contributed by atoms with Crippen molar-refractivity contribution in [3.8, 4) is 11.1 Å². The van der Waals surface area contributed by atoms with Gasteiger partial charge in [0.15, 0.2) is 5.82 Å². The Morgan fingerprint density at radius 1 is 1.12 bits per heavy atom. The molecular formula is C10H7F4N3. The number of nitrogens with two attached hydrogens (primary N) is 1. The second kappa shape index (κ2) is 3.76. The molecule has 0 bridgehead atoms. The van der Waals surface area contributed by atoms with Crippen molar-refractivity contribution < 1.29 is 17.6 Å². The molecule has 2 rings (SSSR count). The molecule has 0 atom stereocenters. The van der Waals surface area contributed by atoms with Gasteiger partial charge in [-0.05, 0) is 17.7 Å². The van der Waals surface area contributed by atoms with Crippen molar-refractivity contribution in [2.75, 3.05) is 5.73 Å². The van der Waals surface area contributed by atoms with Crippen molar-refractivity contribution in [3.63, 3.8) is 0 Å². The van der Waals surface area contributed by atoms with Crippen LogP contribution in [0.2, 0.25) is 0 Å². The molecule has 1 heterocycles. The number of alkyl halides is 3. The summed E-state index contributed by atoms with van der Waals surface area (Å²) in [5, 5.41) is 5.15. The normalized spacial score (nSPS) is 11.8. The Morgan fingerprint density at radius 2 is 1.71 bits per heavy atom. The molecule has 17 heavy (non-hydrogen) atoms. The fourth-order valence-electron chi connectivity index (χ4n) is 1.47. The molecule has 0 amide bonds. The van der Waals surface area contributed by atoms with Gasteiger partial charge in [-0.1, -0.05) is 12.1 Å². The van der Waals surface area contributed by atoms with E-state index in [-0.39, 0.29) is 16.9 Å². The van der Waals surface area contributed by atoms with Crippen LogP contribution in [0.25, 0.3) is 11.1 Å². The summed E-state index contributed by atoms with van der Waals surface area (Å²) in [6.45, 7) is 0. The van der Waals surface area contributed by atoms with Crippen molar-refractivity contribution in [3.05, 3.63) is 35.8 Å². The highest BCUT2D eigenvalue weighted by Crippen LogP contribution is 2.38. The maximum absolute atomic E-state index is 12.7. The van der Waals surface area contributed by atoms with Gasteiger partial charge in [0.25, 0.3) is 0 Å². The number of aromatic amines is 1. The molecule has 0 aliphatic carbocycles. The second-order valence-electron chi connectivity index (χ2n) is 3.36. The highest BCUT2D eigenvalue weighted by Gasteiger charge is 2.37. The molecule has 90 valence electrons. The van der Waals surface area contributed by atoms with Crippen molar-refractivity contribution >= 4 is 5.82 Å². The molecule has 0 aliphatic rings. The van der Waals surface area contributed by atoms with Crippen molar-refractivity contribution in [2.24, 2.45) is 0 Å². The fraction of sp³-hybridized carbons (Fsp3) is 0.100. The Bertz CT molecular complexity index is 527.